The van der Waals surface area contributed by atoms with Gasteiger partial charge in [0.05, 0.1) is 0 Å². The summed E-state index contributed by atoms with van der Waals surface area (Å²) >= 11 is 0. The lowest BCUT2D eigenvalue weighted by Crippen LogP contribution is -2.17. The first-order chi connectivity index (χ1) is 5.11. The summed E-state index contributed by atoms with van der Waals surface area (Å²) in [6.45, 7) is 11.2. The molecule has 0 fully saturated rings. The van der Waals surface area contributed by atoms with E-state index in [-0.39, 0.29) is 0 Å². The van der Waals surface area contributed by atoms with Crippen LogP contribution in [0.15, 0.2) is 11.4 Å². The molecule has 0 aliphatic heterocycles. The molecule has 0 rings (SSSR count). The average Bonchev–Trinajstić information content (AvgIpc) is 1.99. The van der Waals surface area contributed by atoms with E-state index in [4.69, 9.17) is 0 Å². The molecule has 0 aromatic carbocycles. The largest absolute Gasteiger partial charge is 0.378 e. The van der Waals surface area contributed by atoms with Gasteiger partial charge in [0.2, 0.25) is 0 Å². The van der Waals surface area contributed by atoms with Crippen LogP contribution in [-0.4, -0.2) is 28.2 Å². The Bertz CT molecular complexity index is 126. The first kappa shape index (κ1) is 10.8. The van der Waals surface area contributed by atoms with Crippen LogP contribution in [0.5, 0.6) is 0 Å². The number of nitrogens with zero attached hydrogens (tertiary/aromatic N) is 1. The van der Waals surface area contributed by atoms with Gasteiger partial charge in [-0.3, -0.25) is 0 Å². The topological polar surface area (TPSA) is 3.24 Å². The van der Waals surface area contributed by atoms with Crippen molar-refractivity contribution in [1.29, 1.82) is 0 Å². The highest BCUT2D eigenvalue weighted by Gasteiger charge is 1.97. The highest BCUT2D eigenvalue weighted by Crippen LogP contribution is 2.05. The minimum atomic E-state index is 0.738. The van der Waals surface area contributed by atoms with Crippen LogP contribution in [0.2, 0.25) is 0 Å². The third-order valence-corrected chi connectivity index (χ3v) is 3.52. The fraction of sp³-hybridized carbons (Fsp3) is 0.778. The van der Waals surface area contributed by atoms with Gasteiger partial charge in [-0.15, -0.1) is 0 Å². The standard InChI is InChI=1S/C9H21NSi/c1-5-10(6-2)7-9(11)8(3)4/h7-8H,5-6H2,1-4,11H3. The maximum atomic E-state index is 2.36. The van der Waals surface area contributed by atoms with Crippen LogP contribution in [0.1, 0.15) is 27.7 Å². The van der Waals surface area contributed by atoms with E-state index in [9.17, 15) is 0 Å². The molecule has 0 aliphatic carbocycles. The molecule has 0 spiro atoms. The number of rotatable bonds is 4. The maximum Gasteiger partial charge on any atom is 0.0355 e. The molecule has 0 aromatic heterocycles. The Morgan fingerprint density at radius 1 is 1.36 bits per heavy atom. The molecule has 11 heavy (non-hydrogen) atoms. The first-order valence-electron chi connectivity index (χ1n) is 4.54. The van der Waals surface area contributed by atoms with Gasteiger partial charge in [-0.2, -0.15) is 0 Å². The predicted molar refractivity (Wildman–Crippen MR) is 55.8 cm³/mol. The maximum absolute atomic E-state index is 2.36. The van der Waals surface area contributed by atoms with E-state index < -0.39 is 0 Å². The van der Waals surface area contributed by atoms with Crippen LogP contribution < -0.4 is 0 Å². The molecule has 1 nitrogen and oxygen atoms in total. The molecule has 0 unspecified atom stereocenters. The van der Waals surface area contributed by atoms with E-state index >= 15 is 0 Å². The third kappa shape index (κ3) is 4.25. The van der Waals surface area contributed by atoms with Crippen LogP contribution in [0.25, 0.3) is 0 Å². The molecular weight excluding hydrogens is 150 g/mol. The lowest BCUT2D eigenvalue weighted by Gasteiger charge is -2.18. The van der Waals surface area contributed by atoms with E-state index in [1.54, 1.807) is 5.20 Å². The van der Waals surface area contributed by atoms with Crippen LogP contribution in [0, 0.1) is 5.92 Å². The van der Waals surface area contributed by atoms with Gasteiger partial charge in [0, 0.05) is 23.3 Å². The van der Waals surface area contributed by atoms with E-state index in [0.29, 0.717) is 0 Å². The van der Waals surface area contributed by atoms with Gasteiger partial charge < -0.3 is 4.90 Å². The van der Waals surface area contributed by atoms with Crippen molar-refractivity contribution in [2.75, 3.05) is 13.1 Å². The second-order valence-electron chi connectivity index (χ2n) is 3.25. The summed E-state index contributed by atoms with van der Waals surface area (Å²) in [6.07, 6.45) is 2.33. The molecular formula is C9H21NSi. The Balaban J connectivity index is 4.03. The van der Waals surface area contributed by atoms with E-state index in [1.165, 1.54) is 10.2 Å². The van der Waals surface area contributed by atoms with E-state index in [0.717, 1.165) is 19.0 Å². The first-order valence-corrected chi connectivity index (χ1v) is 5.54. The zero-order chi connectivity index (χ0) is 8.85. The fourth-order valence-corrected chi connectivity index (χ4v) is 1.21. The van der Waals surface area contributed by atoms with Crippen LogP contribution >= 0.6 is 0 Å². The molecule has 0 saturated carbocycles. The smallest absolute Gasteiger partial charge is 0.0355 e. The van der Waals surface area contributed by atoms with Crippen molar-refractivity contribution < 1.29 is 0 Å². The minimum Gasteiger partial charge on any atom is -0.378 e. The van der Waals surface area contributed by atoms with Gasteiger partial charge in [-0.25, -0.2) is 0 Å². The van der Waals surface area contributed by atoms with Crippen molar-refractivity contribution in [2.24, 2.45) is 5.92 Å². The summed E-state index contributed by atoms with van der Waals surface area (Å²) in [4.78, 5) is 2.36. The van der Waals surface area contributed by atoms with Crippen molar-refractivity contribution in [3.8, 4) is 0 Å². The summed E-state index contributed by atoms with van der Waals surface area (Å²) in [5, 5.41) is 1.61. The summed E-state index contributed by atoms with van der Waals surface area (Å²) in [6, 6.07) is 0. The Labute approximate surface area is 73.9 Å². The van der Waals surface area contributed by atoms with Gasteiger partial charge in [0.25, 0.3) is 0 Å². The summed E-state index contributed by atoms with van der Waals surface area (Å²) in [5.41, 5.74) is 0. The van der Waals surface area contributed by atoms with Gasteiger partial charge in [-0.1, -0.05) is 19.0 Å². The monoisotopic (exact) mass is 171 g/mol. The molecule has 0 saturated heterocycles. The fourth-order valence-electron chi connectivity index (χ4n) is 0.843. The normalized spacial score (nSPS) is 12.6. The van der Waals surface area contributed by atoms with Crippen LogP contribution in [0.3, 0.4) is 0 Å². The van der Waals surface area contributed by atoms with Crippen molar-refractivity contribution in [3.05, 3.63) is 11.4 Å². The lowest BCUT2D eigenvalue weighted by molar-refractivity contribution is 0.414. The lowest BCUT2D eigenvalue weighted by atomic mass is 10.2. The summed E-state index contributed by atoms with van der Waals surface area (Å²) in [7, 11) is 1.20. The molecule has 0 N–H and O–H groups in total. The zero-order valence-electron chi connectivity index (χ0n) is 8.52. The molecule has 0 atom stereocenters. The van der Waals surface area contributed by atoms with Crippen molar-refractivity contribution in [2.45, 2.75) is 27.7 Å². The molecule has 0 radical (unpaired) electrons. The highest BCUT2D eigenvalue weighted by molar-refractivity contribution is 6.21. The van der Waals surface area contributed by atoms with Crippen LogP contribution in [-0.2, 0) is 0 Å². The SMILES string of the molecule is CCN(C=C([SiH3])C(C)C)CC. The highest BCUT2D eigenvalue weighted by atomic mass is 28.1. The molecule has 0 aliphatic rings. The van der Waals surface area contributed by atoms with Crippen LogP contribution in [0.4, 0.5) is 0 Å². The van der Waals surface area contributed by atoms with Crippen molar-refractivity contribution >= 4 is 10.2 Å². The zero-order valence-corrected chi connectivity index (χ0v) is 10.5. The molecule has 2 heteroatoms. The van der Waals surface area contributed by atoms with Gasteiger partial charge >= 0.3 is 0 Å². The Morgan fingerprint density at radius 2 is 1.82 bits per heavy atom. The Morgan fingerprint density at radius 3 is 2.09 bits per heavy atom. The predicted octanol–water partition coefficient (Wildman–Crippen LogP) is 1.19. The minimum absolute atomic E-state index is 0.738. The molecule has 0 bridgehead atoms. The average molecular weight is 171 g/mol. The van der Waals surface area contributed by atoms with Crippen molar-refractivity contribution in [1.82, 2.24) is 4.90 Å². The second-order valence-corrected chi connectivity index (χ2v) is 4.40. The molecule has 0 amide bonds. The molecule has 66 valence electrons. The van der Waals surface area contributed by atoms with Crippen molar-refractivity contribution in [3.63, 3.8) is 0 Å². The Kier molecular flexibility index (Phi) is 5.29. The summed E-state index contributed by atoms with van der Waals surface area (Å²) in [5.74, 6) is 0.738. The summed E-state index contributed by atoms with van der Waals surface area (Å²) < 4.78 is 0. The third-order valence-electron chi connectivity index (χ3n) is 2.11. The number of hydrogen-bond acceptors (Lipinski definition) is 1. The van der Waals surface area contributed by atoms with Gasteiger partial charge in [0.15, 0.2) is 0 Å². The van der Waals surface area contributed by atoms with Gasteiger partial charge in [0.1, 0.15) is 0 Å². The van der Waals surface area contributed by atoms with E-state index in [2.05, 4.69) is 38.8 Å². The molecule has 0 aromatic rings. The number of allylic oxidation sites excluding steroid dienone is 1. The quantitative estimate of drug-likeness (QED) is 0.574. The number of hydrogen-bond donors (Lipinski definition) is 0. The van der Waals surface area contributed by atoms with E-state index in [1.807, 2.05) is 0 Å². The Hall–Kier alpha value is -0.243. The van der Waals surface area contributed by atoms with Gasteiger partial charge in [-0.05, 0) is 26.0 Å². The molecule has 0 heterocycles. The second kappa shape index (κ2) is 5.41.